The van der Waals surface area contributed by atoms with Crippen molar-refractivity contribution in [2.75, 3.05) is 12.3 Å². The van der Waals surface area contributed by atoms with Crippen LogP contribution in [0.3, 0.4) is 0 Å². The minimum absolute atomic E-state index is 0.159. The average molecular weight is 304 g/mol. The fraction of sp³-hybridized carbons (Fsp3) is 1.00. The lowest BCUT2D eigenvalue weighted by Crippen LogP contribution is -2.46. The van der Waals surface area contributed by atoms with Gasteiger partial charge in [0.25, 0.3) is 0 Å². The lowest BCUT2D eigenvalue weighted by molar-refractivity contribution is 0.386. The van der Waals surface area contributed by atoms with E-state index in [1.165, 1.54) is 12.8 Å². The molecule has 0 saturated heterocycles. The summed E-state index contributed by atoms with van der Waals surface area (Å²) in [5, 5.41) is 3.34. The molecule has 20 heavy (non-hydrogen) atoms. The molecule has 0 aliphatic heterocycles. The number of nitrogens with one attached hydrogen (secondary N) is 1. The zero-order valence-electron chi connectivity index (χ0n) is 13.5. The molecule has 1 N–H and O–H groups in total. The van der Waals surface area contributed by atoms with Crippen LogP contribution in [0.15, 0.2) is 0 Å². The molecule has 1 rings (SSSR count). The summed E-state index contributed by atoms with van der Waals surface area (Å²) in [5.74, 6) is 0.819. The van der Waals surface area contributed by atoms with E-state index in [1.54, 1.807) is 0 Å². The normalized spacial score (nSPS) is 25.4. The summed E-state index contributed by atoms with van der Waals surface area (Å²) in [4.78, 5) is 0. The van der Waals surface area contributed by atoms with Gasteiger partial charge in [0.1, 0.15) is 0 Å². The summed E-state index contributed by atoms with van der Waals surface area (Å²) in [6.07, 6.45) is 8.40. The van der Waals surface area contributed by atoms with Crippen LogP contribution in [0.5, 0.6) is 0 Å². The van der Waals surface area contributed by atoms with Crippen LogP contribution in [0.1, 0.15) is 72.1 Å². The molecule has 0 aromatic heterocycles. The van der Waals surface area contributed by atoms with Crippen LogP contribution in [-0.2, 0) is 9.84 Å². The smallest absolute Gasteiger partial charge is 0.154 e. The van der Waals surface area contributed by atoms with E-state index in [0.717, 1.165) is 45.1 Å². The van der Waals surface area contributed by atoms with Gasteiger partial charge < -0.3 is 5.32 Å². The summed E-state index contributed by atoms with van der Waals surface area (Å²) in [7, 11) is -2.96. The Morgan fingerprint density at radius 1 is 1.10 bits per heavy atom. The standard InChI is InChI=1S/C16H33NO2S/c1-4-12-17-15-9-7-5-6-8-10-16(15)20(18,19)13-11-14(2)3/h14-17H,4-13H2,1-3H3. The van der Waals surface area contributed by atoms with Crippen molar-refractivity contribution in [3.8, 4) is 0 Å². The highest BCUT2D eigenvalue weighted by atomic mass is 32.2. The molecule has 0 aromatic rings. The first-order chi connectivity index (χ1) is 9.47. The van der Waals surface area contributed by atoms with Gasteiger partial charge >= 0.3 is 0 Å². The quantitative estimate of drug-likeness (QED) is 0.782. The lowest BCUT2D eigenvalue weighted by Gasteiger charge is -2.30. The Bertz CT molecular complexity index is 349. The van der Waals surface area contributed by atoms with Crippen molar-refractivity contribution in [1.29, 1.82) is 0 Å². The zero-order chi connectivity index (χ0) is 15.0. The Balaban J connectivity index is 2.75. The highest BCUT2D eigenvalue weighted by Crippen LogP contribution is 2.24. The minimum Gasteiger partial charge on any atom is -0.313 e. The van der Waals surface area contributed by atoms with Gasteiger partial charge in [-0.1, -0.05) is 46.5 Å². The van der Waals surface area contributed by atoms with E-state index < -0.39 is 9.84 Å². The van der Waals surface area contributed by atoms with Crippen LogP contribution in [-0.4, -0.2) is 32.0 Å². The second kappa shape index (κ2) is 9.04. The van der Waals surface area contributed by atoms with Crippen LogP contribution in [0.4, 0.5) is 0 Å². The predicted molar refractivity (Wildman–Crippen MR) is 86.8 cm³/mol. The molecule has 0 aromatic carbocycles. The van der Waals surface area contributed by atoms with Gasteiger partial charge in [0, 0.05) is 6.04 Å². The molecular formula is C16H33NO2S. The van der Waals surface area contributed by atoms with Crippen molar-refractivity contribution in [3.63, 3.8) is 0 Å². The van der Waals surface area contributed by atoms with Crippen molar-refractivity contribution < 1.29 is 8.42 Å². The molecule has 0 spiro atoms. The summed E-state index contributed by atoms with van der Waals surface area (Å²) < 4.78 is 25.4. The van der Waals surface area contributed by atoms with Crippen molar-refractivity contribution in [2.45, 2.75) is 83.4 Å². The molecule has 0 amide bonds. The Morgan fingerprint density at radius 2 is 1.75 bits per heavy atom. The maximum Gasteiger partial charge on any atom is 0.154 e. The summed E-state index contributed by atoms with van der Waals surface area (Å²) >= 11 is 0. The molecule has 1 aliphatic carbocycles. The van der Waals surface area contributed by atoms with E-state index in [0.29, 0.717) is 11.7 Å². The first-order valence-electron chi connectivity index (χ1n) is 8.42. The van der Waals surface area contributed by atoms with Crippen molar-refractivity contribution >= 4 is 9.84 Å². The zero-order valence-corrected chi connectivity index (χ0v) is 14.3. The summed E-state index contributed by atoms with van der Waals surface area (Å²) in [6, 6.07) is 0.174. The largest absolute Gasteiger partial charge is 0.313 e. The van der Waals surface area contributed by atoms with Crippen LogP contribution < -0.4 is 5.32 Å². The maximum absolute atomic E-state index is 12.7. The van der Waals surface area contributed by atoms with E-state index in [1.807, 2.05) is 0 Å². The number of hydrogen-bond donors (Lipinski definition) is 1. The molecule has 1 aliphatic rings. The van der Waals surface area contributed by atoms with E-state index in [-0.39, 0.29) is 11.3 Å². The number of hydrogen-bond acceptors (Lipinski definition) is 3. The van der Waals surface area contributed by atoms with E-state index in [9.17, 15) is 8.42 Å². The van der Waals surface area contributed by atoms with Crippen LogP contribution in [0.2, 0.25) is 0 Å². The SMILES string of the molecule is CCCNC1CCCCCCC1S(=O)(=O)CCC(C)C. The van der Waals surface area contributed by atoms with E-state index in [4.69, 9.17) is 0 Å². The molecule has 2 atom stereocenters. The highest BCUT2D eigenvalue weighted by molar-refractivity contribution is 7.92. The summed E-state index contributed by atoms with van der Waals surface area (Å²) in [5.41, 5.74) is 0. The number of sulfone groups is 1. The Morgan fingerprint density at radius 3 is 2.35 bits per heavy atom. The molecular weight excluding hydrogens is 270 g/mol. The third-order valence-electron chi connectivity index (χ3n) is 4.30. The van der Waals surface area contributed by atoms with Gasteiger partial charge in [0.2, 0.25) is 0 Å². The topological polar surface area (TPSA) is 46.2 Å². The molecule has 0 bridgehead atoms. The lowest BCUT2D eigenvalue weighted by atomic mass is 9.96. The van der Waals surface area contributed by atoms with Gasteiger partial charge in [-0.2, -0.15) is 0 Å². The Labute approximate surface area is 125 Å². The van der Waals surface area contributed by atoms with Crippen LogP contribution in [0, 0.1) is 5.92 Å². The van der Waals surface area contributed by atoms with Crippen LogP contribution in [0.25, 0.3) is 0 Å². The highest BCUT2D eigenvalue weighted by Gasteiger charge is 2.33. The third-order valence-corrected chi connectivity index (χ3v) is 6.59. The Kier molecular flexibility index (Phi) is 8.11. The molecule has 120 valence electrons. The predicted octanol–water partition coefficient (Wildman–Crippen LogP) is 3.54. The van der Waals surface area contributed by atoms with Crippen molar-refractivity contribution in [2.24, 2.45) is 5.92 Å². The summed E-state index contributed by atoms with van der Waals surface area (Å²) in [6.45, 7) is 7.26. The molecule has 1 saturated carbocycles. The molecule has 4 heteroatoms. The third kappa shape index (κ3) is 6.13. The van der Waals surface area contributed by atoms with E-state index in [2.05, 4.69) is 26.1 Å². The molecule has 0 radical (unpaired) electrons. The van der Waals surface area contributed by atoms with Crippen LogP contribution >= 0.6 is 0 Å². The second-order valence-corrected chi connectivity index (χ2v) is 8.98. The van der Waals surface area contributed by atoms with Gasteiger partial charge in [-0.05, 0) is 38.1 Å². The second-order valence-electron chi connectivity index (χ2n) is 6.64. The maximum atomic E-state index is 12.7. The van der Waals surface area contributed by atoms with Crippen molar-refractivity contribution in [1.82, 2.24) is 5.32 Å². The Hall–Kier alpha value is -0.0900. The van der Waals surface area contributed by atoms with Gasteiger partial charge in [-0.3, -0.25) is 0 Å². The monoisotopic (exact) mass is 303 g/mol. The first-order valence-corrected chi connectivity index (χ1v) is 10.1. The molecule has 1 fully saturated rings. The number of rotatable bonds is 7. The van der Waals surface area contributed by atoms with Gasteiger partial charge in [0.05, 0.1) is 11.0 Å². The fourth-order valence-corrected chi connectivity index (χ4v) is 5.36. The van der Waals surface area contributed by atoms with Crippen molar-refractivity contribution in [3.05, 3.63) is 0 Å². The van der Waals surface area contributed by atoms with E-state index >= 15 is 0 Å². The van der Waals surface area contributed by atoms with Gasteiger partial charge in [0.15, 0.2) is 9.84 Å². The average Bonchev–Trinajstić information content (AvgIpc) is 2.35. The fourth-order valence-electron chi connectivity index (χ4n) is 2.99. The minimum atomic E-state index is -2.96. The van der Waals surface area contributed by atoms with Gasteiger partial charge in [-0.25, -0.2) is 8.42 Å². The molecule has 2 unspecified atom stereocenters. The van der Waals surface area contributed by atoms with Gasteiger partial charge in [-0.15, -0.1) is 0 Å². The molecule has 3 nitrogen and oxygen atoms in total. The first kappa shape index (κ1) is 18.0. The molecule has 0 heterocycles.